The van der Waals surface area contributed by atoms with E-state index in [0.29, 0.717) is 24.3 Å². The fourth-order valence-electron chi connectivity index (χ4n) is 2.95. The van der Waals surface area contributed by atoms with E-state index in [9.17, 15) is 9.90 Å². The van der Waals surface area contributed by atoms with E-state index in [2.05, 4.69) is 0 Å². The summed E-state index contributed by atoms with van der Waals surface area (Å²) < 4.78 is 10.6. The van der Waals surface area contributed by atoms with E-state index < -0.39 is 6.10 Å². The summed E-state index contributed by atoms with van der Waals surface area (Å²) >= 11 is 0. The van der Waals surface area contributed by atoms with Crippen LogP contribution in [0.1, 0.15) is 44.2 Å². The standard InChI is InChI=1S/C17H25NO4/c1-12(19)6-9-17(20)18-10-4-5-14(18)13-7-8-15(21-2)16(11-13)22-3/h7-8,11-12,14,19H,4-6,9-10H2,1-3H3. The number of benzene rings is 1. The zero-order chi connectivity index (χ0) is 16.1. The quantitative estimate of drug-likeness (QED) is 0.877. The van der Waals surface area contributed by atoms with Crippen LogP contribution in [0.4, 0.5) is 0 Å². The van der Waals surface area contributed by atoms with E-state index in [0.717, 1.165) is 24.9 Å². The number of aliphatic hydroxyl groups excluding tert-OH is 1. The van der Waals surface area contributed by atoms with Gasteiger partial charge in [-0.25, -0.2) is 0 Å². The van der Waals surface area contributed by atoms with Crippen LogP contribution in [0, 0.1) is 0 Å². The van der Waals surface area contributed by atoms with E-state index in [4.69, 9.17) is 9.47 Å². The molecule has 2 unspecified atom stereocenters. The van der Waals surface area contributed by atoms with Crippen LogP contribution in [0.2, 0.25) is 0 Å². The van der Waals surface area contributed by atoms with Crippen molar-refractivity contribution in [1.82, 2.24) is 4.90 Å². The maximum absolute atomic E-state index is 12.4. The number of likely N-dealkylation sites (tertiary alicyclic amines) is 1. The lowest BCUT2D eigenvalue weighted by molar-refractivity contribution is -0.132. The topological polar surface area (TPSA) is 59.0 Å². The minimum absolute atomic E-state index is 0.0845. The molecule has 0 saturated carbocycles. The minimum atomic E-state index is -0.439. The normalized spacial score (nSPS) is 19.1. The summed E-state index contributed by atoms with van der Waals surface area (Å²) in [5, 5.41) is 9.35. The Hall–Kier alpha value is -1.75. The van der Waals surface area contributed by atoms with Crippen molar-refractivity contribution in [2.24, 2.45) is 0 Å². The molecule has 2 atom stereocenters. The van der Waals surface area contributed by atoms with Crippen LogP contribution in [0.5, 0.6) is 11.5 Å². The van der Waals surface area contributed by atoms with Crippen LogP contribution in [0.3, 0.4) is 0 Å². The first-order chi connectivity index (χ1) is 10.6. The third-order valence-corrected chi connectivity index (χ3v) is 4.14. The molecule has 1 aromatic rings. The molecule has 5 nitrogen and oxygen atoms in total. The van der Waals surface area contributed by atoms with E-state index in [-0.39, 0.29) is 11.9 Å². The van der Waals surface area contributed by atoms with Gasteiger partial charge in [-0.2, -0.15) is 0 Å². The van der Waals surface area contributed by atoms with E-state index >= 15 is 0 Å². The van der Waals surface area contributed by atoms with Gasteiger partial charge in [0, 0.05) is 13.0 Å². The molecule has 122 valence electrons. The molecular weight excluding hydrogens is 282 g/mol. The highest BCUT2D eigenvalue weighted by Crippen LogP contribution is 2.37. The molecule has 1 aromatic carbocycles. The molecular formula is C17H25NO4. The van der Waals surface area contributed by atoms with Gasteiger partial charge in [-0.05, 0) is 43.9 Å². The number of carbonyl (C=O) groups excluding carboxylic acids is 1. The first-order valence-corrected chi connectivity index (χ1v) is 7.76. The Labute approximate surface area is 131 Å². The lowest BCUT2D eigenvalue weighted by Crippen LogP contribution is -2.30. The molecule has 1 N–H and O–H groups in total. The number of aliphatic hydroxyl groups is 1. The third-order valence-electron chi connectivity index (χ3n) is 4.14. The summed E-state index contributed by atoms with van der Waals surface area (Å²) in [5.41, 5.74) is 1.07. The van der Waals surface area contributed by atoms with Crippen molar-refractivity contribution in [2.45, 2.75) is 44.8 Å². The van der Waals surface area contributed by atoms with Crippen LogP contribution in [0.15, 0.2) is 18.2 Å². The van der Waals surface area contributed by atoms with E-state index in [1.807, 2.05) is 23.1 Å². The van der Waals surface area contributed by atoms with Crippen molar-refractivity contribution >= 4 is 5.91 Å². The van der Waals surface area contributed by atoms with Crippen molar-refractivity contribution < 1.29 is 19.4 Å². The zero-order valence-electron chi connectivity index (χ0n) is 13.5. The first kappa shape index (κ1) is 16.6. The van der Waals surface area contributed by atoms with Crippen LogP contribution in [-0.2, 0) is 4.79 Å². The van der Waals surface area contributed by atoms with E-state index in [1.165, 1.54) is 0 Å². The number of hydrogen-bond donors (Lipinski definition) is 1. The molecule has 0 bridgehead atoms. The molecule has 1 heterocycles. The van der Waals surface area contributed by atoms with Gasteiger partial charge in [-0.3, -0.25) is 4.79 Å². The predicted octanol–water partition coefficient (Wildman–Crippen LogP) is 2.53. The summed E-state index contributed by atoms with van der Waals surface area (Å²) in [5.74, 6) is 1.48. The maximum Gasteiger partial charge on any atom is 0.223 e. The van der Waals surface area contributed by atoms with Gasteiger partial charge in [-0.1, -0.05) is 6.07 Å². The second kappa shape index (κ2) is 7.49. The molecule has 0 radical (unpaired) electrons. The molecule has 1 amide bonds. The number of amides is 1. The van der Waals surface area contributed by atoms with Crippen LogP contribution < -0.4 is 9.47 Å². The number of carbonyl (C=O) groups is 1. The highest BCUT2D eigenvalue weighted by molar-refractivity contribution is 5.77. The van der Waals surface area contributed by atoms with Gasteiger partial charge < -0.3 is 19.5 Å². The van der Waals surface area contributed by atoms with Crippen LogP contribution >= 0.6 is 0 Å². The largest absolute Gasteiger partial charge is 0.493 e. The Bertz CT molecular complexity index is 515. The molecule has 0 aromatic heterocycles. The van der Waals surface area contributed by atoms with Crippen molar-refractivity contribution in [3.05, 3.63) is 23.8 Å². The Morgan fingerprint density at radius 3 is 2.73 bits per heavy atom. The molecule has 0 spiro atoms. The number of nitrogens with zero attached hydrogens (tertiary/aromatic N) is 1. The van der Waals surface area contributed by atoms with Crippen molar-refractivity contribution in [3.63, 3.8) is 0 Å². The van der Waals surface area contributed by atoms with Gasteiger partial charge in [0.25, 0.3) is 0 Å². The molecule has 5 heteroatoms. The number of hydrogen-bond acceptors (Lipinski definition) is 4. The van der Waals surface area contributed by atoms with Gasteiger partial charge in [0.15, 0.2) is 11.5 Å². The lowest BCUT2D eigenvalue weighted by Gasteiger charge is -2.26. The Morgan fingerprint density at radius 1 is 1.36 bits per heavy atom. The van der Waals surface area contributed by atoms with Crippen molar-refractivity contribution in [3.8, 4) is 11.5 Å². The minimum Gasteiger partial charge on any atom is -0.493 e. The summed E-state index contributed by atoms with van der Waals surface area (Å²) in [6.07, 6.45) is 2.41. The second-order valence-corrected chi connectivity index (χ2v) is 5.75. The van der Waals surface area contributed by atoms with Gasteiger partial charge >= 0.3 is 0 Å². The fraction of sp³-hybridized carbons (Fsp3) is 0.588. The summed E-state index contributed by atoms with van der Waals surface area (Å²) in [6, 6.07) is 5.90. The first-order valence-electron chi connectivity index (χ1n) is 7.76. The van der Waals surface area contributed by atoms with Crippen molar-refractivity contribution in [1.29, 1.82) is 0 Å². The number of methoxy groups -OCH3 is 2. The highest BCUT2D eigenvalue weighted by atomic mass is 16.5. The van der Waals surface area contributed by atoms with Gasteiger partial charge in [0.05, 0.1) is 26.4 Å². The van der Waals surface area contributed by atoms with Crippen LogP contribution in [-0.4, -0.2) is 42.8 Å². The number of rotatable bonds is 6. The predicted molar refractivity (Wildman–Crippen MR) is 84.1 cm³/mol. The molecule has 22 heavy (non-hydrogen) atoms. The number of ether oxygens (including phenoxy) is 2. The van der Waals surface area contributed by atoms with E-state index in [1.54, 1.807) is 21.1 Å². The monoisotopic (exact) mass is 307 g/mol. The molecule has 0 aliphatic carbocycles. The summed E-state index contributed by atoms with van der Waals surface area (Å²) in [7, 11) is 3.22. The molecule has 1 fully saturated rings. The average Bonchev–Trinajstić information content (AvgIpc) is 3.01. The smallest absolute Gasteiger partial charge is 0.223 e. The molecule has 1 aliphatic rings. The highest BCUT2D eigenvalue weighted by Gasteiger charge is 2.30. The molecule has 1 aliphatic heterocycles. The average molecular weight is 307 g/mol. The SMILES string of the molecule is COc1ccc(C2CCCN2C(=O)CCC(C)O)cc1OC. The molecule has 1 saturated heterocycles. The summed E-state index contributed by atoms with van der Waals surface area (Å²) in [4.78, 5) is 14.3. The van der Waals surface area contributed by atoms with Crippen LogP contribution in [0.25, 0.3) is 0 Å². The molecule has 2 rings (SSSR count). The lowest BCUT2D eigenvalue weighted by atomic mass is 10.0. The van der Waals surface area contributed by atoms with Crippen molar-refractivity contribution in [2.75, 3.05) is 20.8 Å². The Kier molecular flexibility index (Phi) is 5.66. The fourth-order valence-corrected chi connectivity index (χ4v) is 2.95. The zero-order valence-corrected chi connectivity index (χ0v) is 13.5. The maximum atomic E-state index is 12.4. The van der Waals surface area contributed by atoms with Gasteiger partial charge in [-0.15, -0.1) is 0 Å². The summed E-state index contributed by atoms with van der Waals surface area (Å²) in [6.45, 7) is 2.49. The Morgan fingerprint density at radius 2 is 2.09 bits per heavy atom. The van der Waals surface area contributed by atoms with Gasteiger partial charge in [0.2, 0.25) is 5.91 Å². The second-order valence-electron chi connectivity index (χ2n) is 5.75. The van der Waals surface area contributed by atoms with Gasteiger partial charge in [0.1, 0.15) is 0 Å². The Balaban J connectivity index is 2.14. The third kappa shape index (κ3) is 3.71.